The lowest BCUT2D eigenvalue weighted by molar-refractivity contribution is -0.385. The summed E-state index contributed by atoms with van der Waals surface area (Å²) in [7, 11) is 0. The molecule has 4 nitrogen and oxygen atoms in total. The minimum Gasteiger partial charge on any atom is -0.309 e. The van der Waals surface area contributed by atoms with Gasteiger partial charge in [0.1, 0.15) is 0 Å². The lowest BCUT2D eigenvalue weighted by Crippen LogP contribution is -2.38. The van der Waals surface area contributed by atoms with Crippen LogP contribution < -0.4 is 5.32 Å². The molecule has 0 aromatic heterocycles. The minimum absolute atomic E-state index is 0.0989. The number of nitrogens with zero attached hydrogens (tertiary/aromatic N) is 1. The first-order valence-electron chi connectivity index (χ1n) is 7.14. The van der Waals surface area contributed by atoms with E-state index in [9.17, 15) is 10.1 Å². The summed E-state index contributed by atoms with van der Waals surface area (Å²) in [5, 5.41) is 15.0. The van der Waals surface area contributed by atoms with Gasteiger partial charge in [-0.2, -0.15) is 0 Å². The molecule has 0 saturated heterocycles. The van der Waals surface area contributed by atoms with E-state index in [4.69, 9.17) is 11.6 Å². The molecule has 1 aliphatic carbocycles. The van der Waals surface area contributed by atoms with Crippen molar-refractivity contribution in [2.45, 2.75) is 45.7 Å². The molecule has 3 atom stereocenters. The first-order chi connectivity index (χ1) is 9.49. The molecule has 0 radical (unpaired) electrons. The number of rotatable bonds is 4. The second kappa shape index (κ2) is 6.55. The van der Waals surface area contributed by atoms with E-state index >= 15 is 0 Å². The van der Waals surface area contributed by atoms with E-state index < -0.39 is 0 Å². The van der Waals surface area contributed by atoms with Crippen molar-refractivity contribution >= 4 is 17.3 Å². The van der Waals surface area contributed by atoms with Crippen molar-refractivity contribution in [2.24, 2.45) is 11.8 Å². The van der Waals surface area contributed by atoms with Gasteiger partial charge in [0.15, 0.2) is 0 Å². The average Bonchev–Trinajstić information content (AvgIpc) is 2.38. The van der Waals surface area contributed by atoms with Gasteiger partial charge in [0.05, 0.1) is 15.5 Å². The van der Waals surface area contributed by atoms with Crippen molar-refractivity contribution in [3.05, 3.63) is 38.9 Å². The fraction of sp³-hybridized carbons (Fsp3) is 0.600. The molecule has 2 rings (SSSR count). The van der Waals surface area contributed by atoms with E-state index in [0.717, 1.165) is 12.3 Å². The predicted molar refractivity (Wildman–Crippen MR) is 80.9 cm³/mol. The highest BCUT2D eigenvalue weighted by Crippen LogP contribution is 2.30. The normalized spacial score (nSPS) is 26.4. The van der Waals surface area contributed by atoms with Crippen LogP contribution in [0.15, 0.2) is 18.2 Å². The zero-order valence-corrected chi connectivity index (χ0v) is 12.7. The Balaban J connectivity index is 2.06. The molecule has 1 fully saturated rings. The van der Waals surface area contributed by atoms with Gasteiger partial charge in [-0.1, -0.05) is 31.5 Å². The number of halogens is 1. The van der Waals surface area contributed by atoms with Crippen LogP contribution in [0.5, 0.6) is 0 Å². The van der Waals surface area contributed by atoms with Gasteiger partial charge in [-0.3, -0.25) is 10.1 Å². The zero-order chi connectivity index (χ0) is 14.7. The quantitative estimate of drug-likeness (QED) is 0.670. The van der Waals surface area contributed by atoms with E-state index in [1.807, 2.05) is 0 Å². The van der Waals surface area contributed by atoms with Crippen LogP contribution in [0, 0.1) is 22.0 Å². The van der Waals surface area contributed by atoms with Gasteiger partial charge < -0.3 is 5.32 Å². The summed E-state index contributed by atoms with van der Waals surface area (Å²) in [5.41, 5.74) is 0.687. The highest BCUT2D eigenvalue weighted by molar-refractivity contribution is 6.31. The third-order valence-corrected chi connectivity index (χ3v) is 4.62. The maximum atomic E-state index is 11.1. The van der Waals surface area contributed by atoms with Crippen LogP contribution in [0.3, 0.4) is 0 Å². The van der Waals surface area contributed by atoms with Crippen LogP contribution in [0.1, 0.15) is 38.7 Å². The Bertz CT molecular complexity index is 493. The van der Waals surface area contributed by atoms with Crippen molar-refractivity contribution in [3.8, 4) is 0 Å². The number of nitrogens with one attached hydrogen (secondary N) is 1. The number of hydrogen-bond acceptors (Lipinski definition) is 3. The van der Waals surface area contributed by atoms with E-state index in [2.05, 4.69) is 19.2 Å². The second-order valence-corrected chi connectivity index (χ2v) is 6.28. The van der Waals surface area contributed by atoms with Crippen LogP contribution in [0.25, 0.3) is 0 Å². The van der Waals surface area contributed by atoms with Crippen LogP contribution in [0.4, 0.5) is 5.69 Å². The Kier molecular flexibility index (Phi) is 5.00. The molecular formula is C15H21ClN2O2. The number of nitro groups is 1. The lowest BCUT2D eigenvalue weighted by Gasteiger charge is -2.33. The number of benzene rings is 1. The molecule has 110 valence electrons. The van der Waals surface area contributed by atoms with Gasteiger partial charge in [0.25, 0.3) is 5.69 Å². The molecule has 0 heterocycles. The molecule has 1 aromatic carbocycles. The Hall–Kier alpha value is -1.13. The second-order valence-electron chi connectivity index (χ2n) is 5.88. The van der Waals surface area contributed by atoms with Crippen LogP contribution in [0.2, 0.25) is 5.02 Å². The summed E-state index contributed by atoms with van der Waals surface area (Å²) in [6.45, 7) is 4.99. The number of hydrogen-bond donors (Lipinski definition) is 1. The molecule has 0 amide bonds. The Labute approximate surface area is 124 Å². The summed E-state index contributed by atoms with van der Waals surface area (Å²) in [5.74, 6) is 1.37. The summed E-state index contributed by atoms with van der Waals surface area (Å²) < 4.78 is 0. The van der Waals surface area contributed by atoms with Crippen molar-refractivity contribution < 1.29 is 4.92 Å². The molecule has 1 saturated carbocycles. The van der Waals surface area contributed by atoms with Gasteiger partial charge in [-0.25, -0.2) is 0 Å². The fourth-order valence-electron chi connectivity index (χ4n) is 3.10. The number of nitro benzene ring substituents is 1. The first kappa shape index (κ1) is 15.3. The monoisotopic (exact) mass is 296 g/mol. The maximum Gasteiger partial charge on any atom is 0.275 e. The van der Waals surface area contributed by atoms with Gasteiger partial charge in [-0.15, -0.1) is 0 Å². The topological polar surface area (TPSA) is 55.2 Å². The molecule has 3 unspecified atom stereocenters. The first-order valence-corrected chi connectivity index (χ1v) is 7.52. The predicted octanol–water partition coefficient (Wildman–Crippen LogP) is 4.16. The fourth-order valence-corrected chi connectivity index (χ4v) is 3.33. The summed E-state index contributed by atoms with van der Waals surface area (Å²) in [6.07, 6.45) is 3.55. The van der Waals surface area contributed by atoms with Crippen molar-refractivity contribution in [1.82, 2.24) is 5.32 Å². The smallest absolute Gasteiger partial charge is 0.275 e. The van der Waals surface area contributed by atoms with E-state index in [-0.39, 0.29) is 10.6 Å². The van der Waals surface area contributed by atoms with Gasteiger partial charge in [-0.05, 0) is 37.2 Å². The highest BCUT2D eigenvalue weighted by Gasteiger charge is 2.26. The molecule has 1 N–H and O–H groups in total. The third kappa shape index (κ3) is 3.49. The van der Waals surface area contributed by atoms with Crippen molar-refractivity contribution in [1.29, 1.82) is 0 Å². The highest BCUT2D eigenvalue weighted by atomic mass is 35.5. The summed E-state index contributed by atoms with van der Waals surface area (Å²) in [6, 6.07) is 5.25. The van der Waals surface area contributed by atoms with Crippen LogP contribution in [-0.4, -0.2) is 11.0 Å². The van der Waals surface area contributed by atoms with E-state index in [1.54, 1.807) is 12.1 Å². The standard InChI is InChI=1S/C15H21ClN2O2/c1-10-6-7-14(11(2)8-10)17-9-12-13(16)4-3-5-15(12)18(19)20/h3-5,10-11,14,17H,6-9H2,1-2H3. The van der Waals surface area contributed by atoms with Crippen molar-refractivity contribution in [3.63, 3.8) is 0 Å². The zero-order valence-electron chi connectivity index (χ0n) is 11.9. The SMILES string of the molecule is CC1CCC(NCc2c(Cl)cccc2[N+](=O)[O-])C(C)C1. The van der Waals surface area contributed by atoms with Gasteiger partial charge in [0.2, 0.25) is 0 Å². The molecule has 1 aliphatic rings. The van der Waals surface area contributed by atoms with Crippen molar-refractivity contribution in [2.75, 3.05) is 0 Å². The Morgan fingerprint density at radius 1 is 1.40 bits per heavy atom. The van der Waals surface area contributed by atoms with E-state index in [1.165, 1.54) is 18.9 Å². The van der Waals surface area contributed by atoms with Crippen LogP contribution in [-0.2, 0) is 6.54 Å². The Morgan fingerprint density at radius 3 is 2.80 bits per heavy atom. The molecular weight excluding hydrogens is 276 g/mol. The summed E-state index contributed by atoms with van der Waals surface area (Å²) >= 11 is 6.11. The lowest BCUT2D eigenvalue weighted by atomic mass is 9.80. The Morgan fingerprint density at radius 2 is 2.15 bits per heavy atom. The molecule has 5 heteroatoms. The summed E-state index contributed by atoms with van der Waals surface area (Å²) in [4.78, 5) is 10.7. The van der Waals surface area contributed by atoms with Crippen LogP contribution >= 0.6 is 11.6 Å². The van der Waals surface area contributed by atoms with E-state index in [0.29, 0.717) is 29.1 Å². The maximum absolute atomic E-state index is 11.1. The van der Waals surface area contributed by atoms with Gasteiger partial charge >= 0.3 is 0 Å². The van der Waals surface area contributed by atoms with Gasteiger partial charge in [0, 0.05) is 18.7 Å². The molecule has 1 aromatic rings. The largest absolute Gasteiger partial charge is 0.309 e. The molecule has 0 aliphatic heterocycles. The third-order valence-electron chi connectivity index (χ3n) is 4.26. The molecule has 20 heavy (non-hydrogen) atoms. The molecule has 0 bridgehead atoms. The average molecular weight is 297 g/mol. The minimum atomic E-state index is -0.366. The molecule has 0 spiro atoms.